The maximum atomic E-state index is 14.3. The van der Waals surface area contributed by atoms with Crippen molar-refractivity contribution in [3.05, 3.63) is 102 Å². The number of hydrogen-bond donors (Lipinski definition) is 4. The lowest BCUT2D eigenvalue weighted by Crippen LogP contribution is -2.51. The van der Waals surface area contributed by atoms with Crippen molar-refractivity contribution in [3.63, 3.8) is 0 Å². The third-order valence-electron chi connectivity index (χ3n) is 14.9. The summed E-state index contributed by atoms with van der Waals surface area (Å²) in [6.45, 7) is 12.7. The van der Waals surface area contributed by atoms with E-state index in [0.717, 1.165) is 87.8 Å². The number of likely N-dealkylation sites (tertiary alicyclic amines) is 2. The number of benzene rings is 3. The smallest absolute Gasteiger partial charge is 0.407 e. The number of nitrogens with one attached hydrogen (secondary N) is 4. The first-order valence-corrected chi connectivity index (χ1v) is 25.1. The molecule has 4 N–H and O–H groups in total. The molecule has 366 valence electrons. The summed E-state index contributed by atoms with van der Waals surface area (Å²) in [7, 11) is 1.30. The highest BCUT2D eigenvalue weighted by molar-refractivity contribution is 6.07. The van der Waals surface area contributed by atoms with Gasteiger partial charge in [0.05, 0.1) is 48.7 Å². The van der Waals surface area contributed by atoms with Crippen molar-refractivity contribution in [3.8, 4) is 28.1 Å². The van der Waals surface area contributed by atoms with Gasteiger partial charge < -0.3 is 44.6 Å². The molecule has 3 aliphatic heterocycles. The predicted molar refractivity (Wildman–Crippen MR) is 267 cm³/mol. The lowest BCUT2D eigenvalue weighted by molar-refractivity contribution is -0.136. The third-order valence-corrected chi connectivity index (χ3v) is 14.9. The lowest BCUT2D eigenvalue weighted by atomic mass is 9.86. The van der Waals surface area contributed by atoms with Crippen LogP contribution in [0.15, 0.2) is 85.1 Å². The van der Waals surface area contributed by atoms with Gasteiger partial charge in [-0.15, -0.1) is 0 Å². The molecule has 0 radical (unpaired) electrons. The minimum Gasteiger partial charge on any atom is -0.488 e. The van der Waals surface area contributed by atoms with Gasteiger partial charge in [0, 0.05) is 42.5 Å². The zero-order valence-corrected chi connectivity index (χ0v) is 40.6. The maximum absolute atomic E-state index is 14.3. The van der Waals surface area contributed by atoms with Crippen molar-refractivity contribution in [1.29, 1.82) is 0 Å². The van der Waals surface area contributed by atoms with E-state index in [1.807, 2.05) is 61.1 Å². The van der Waals surface area contributed by atoms with Gasteiger partial charge in [-0.2, -0.15) is 0 Å². The van der Waals surface area contributed by atoms with Crippen LogP contribution < -0.4 is 15.4 Å². The van der Waals surface area contributed by atoms with E-state index in [9.17, 15) is 19.2 Å². The molecular formula is C55H64N8O7. The molecule has 4 amide bonds. The normalized spacial score (nSPS) is 21.0. The van der Waals surface area contributed by atoms with E-state index in [0.29, 0.717) is 55.9 Å². The molecule has 2 saturated carbocycles. The van der Waals surface area contributed by atoms with Crippen LogP contribution in [0.3, 0.4) is 0 Å². The zero-order valence-electron chi connectivity index (χ0n) is 40.6. The van der Waals surface area contributed by atoms with Crippen molar-refractivity contribution < 1.29 is 33.4 Å². The van der Waals surface area contributed by atoms with Crippen LogP contribution in [0.5, 0.6) is 5.75 Å². The second-order valence-electron chi connectivity index (χ2n) is 20.2. The van der Waals surface area contributed by atoms with Gasteiger partial charge in [0.1, 0.15) is 36.1 Å². The monoisotopic (exact) mass is 948 g/mol. The van der Waals surface area contributed by atoms with E-state index in [1.165, 1.54) is 26.4 Å². The minimum absolute atomic E-state index is 0.0415. The fraction of sp³-hybridized carbons (Fsp3) is 0.455. The Bertz CT molecular complexity index is 2890. The van der Waals surface area contributed by atoms with Crippen LogP contribution in [0.4, 0.5) is 4.79 Å². The molecule has 4 fully saturated rings. The zero-order chi connectivity index (χ0) is 48.6. The van der Waals surface area contributed by atoms with Crippen LogP contribution in [0, 0.1) is 23.7 Å². The van der Waals surface area contributed by atoms with Crippen LogP contribution >= 0.6 is 0 Å². The highest BCUT2D eigenvalue weighted by Gasteiger charge is 2.43. The summed E-state index contributed by atoms with van der Waals surface area (Å²) in [5, 5.41) is 7.73. The fourth-order valence-corrected chi connectivity index (χ4v) is 10.6. The molecule has 2 saturated heterocycles. The predicted octanol–water partition coefficient (Wildman–Crippen LogP) is 9.00. The molecule has 0 unspecified atom stereocenters. The summed E-state index contributed by atoms with van der Waals surface area (Å²) in [5.74, 6) is 2.25. The quantitative estimate of drug-likeness (QED) is 0.0702. The first-order valence-electron chi connectivity index (χ1n) is 25.1. The maximum Gasteiger partial charge on any atom is 0.407 e. The number of H-pyrrole nitrogens is 2. The number of carbonyl (C=O) groups is 4. The van der Waals surface area contributed by atoms with Crippen LogP contribution in [0.2, 0.25) is 0 Å². The van der Waals surface area contributed by atoms with Gasteiger partial charge in [0.25, 0.3) is 0 Å². The van der Waals surface area contributed by atoms with Gasteiger partial charge in [-0.3, -0.25) is 14.4 Å². The molecule has 5 atom stereocenters. The van der Waals surface area contributed by atoms with Gasteiger partial charge in [-0.1, -0.05) is 69.4 Å². The van der Waals surface area contributed by atoms with Gasteiger partial charge in [0.2, 0.25) is 17.7 Å². The fourth-order valence-electron chi connectivity index (χ4n) is 10.6. The van der Waals surface area contributed by atoms with Crippen molar-refractivity contribution >= 4 is 45.6 Å². The first kappa shape index (κ1) is 47.0. The Kier molecular flexibility index (Phi) is 13.4. The van der Waals surface area contributed by atoms with E-state index >= 15 is 0 Å². The van der Waals surface area contributed by atoms with Gasteiger partial charge in [0.15, 0.2) is 0 Å². The van der Waals surface area contributed by atoms with Crippen LogP contribution in [-0.2, 0) is 30.5 Å². The second kappa shape index (κ2) is 19.9. The Morgan fingerprint density at radius 3 is 2.49 bits per heavy atom. The standard InChI is InChI=1S/C55H64N8O7/c1-6-7-8-11-32(4)48(60-52(64)35-15-16-35)54(66)62-21-10-14-44(62)50-56-26-43(58-50)37-17-19-39-38(23-37)30-70-46-25-40-36(24-41(39)46)18-20-42-49(40)59-51(57-42)45-22-34(29-69-28-33-12-9-13-33)27-63(45)53(65)47(31(2)3)61-55(67)68-5/h6-8,11,17-20,23-26,31,33-35,44-45,47-48H,4,9-10,12-16,21-22,27-30H2,1-3,5H3,(H,56,58)(H,57,59)(H,60,64)(H,61,67)/b7-6-,11-8-/t34-,44-,45-,47-,48+/m0/s1. The average molecular weight is 949 g/mol. The SMILES string of the molecule is C=C(/C=C\C=C/C)[C@@H](NC(=O)C1CC1)C(=O)N1CCC[C@H]1c1ncc(-c2ccc3c(c2)COc2cc4c(ccc5[nH]c([C@@H]6C[C@H](COCC7CCC7)CN6C(=O)[C@@H](NC(=O)OC)C(C)C)nc54)cc2-3)[nH]1. The molecule has 15 nitrogen and oxygen atoms in total. The third kappa shape index (κ3) is 9.47. The highest BCUT2D eigenvalue weighted by atomic mass is 16.5. The first-order chi connectivity index (χ1) is 34.0. The van der Waals surface area contributed by atoms with E-state index in [4.69, 9.17) is 24.2 Å². The Hall–Kier alpha value is -6.74. The van der Waals surface area contributed by atoms with E-state index in [2.05, 4.69) is 63.6 Å². The molecule has 10 rings (SSSR count). The van der Waals surface area contributed by atoms with Crippen LogP contribution in [0.25, 0.3) is 44.2 Å². The Balaban J connectivity index is 0.883. The largest absolute Gasteiger partial charge is 0.488 e. The second-order valence-corrected chi connectivity index (χ2v) is 20.2. The Labute approximate surface area is 408 Å². The topological polar surface area (TPSA) is 184 Å². The molecular weight excluding hydrogens is 885 g/mol. The van der Waals surface area contributed by atoms with E-state index in [1.54, 1.807) is 6.08 Å². The Morgan fingerprint density at radius 2 is 1.73 bits per heavy atom. The summed E-state index contributed by atoms with van der Waals surface area (Å²) in [6, 6.07) is 12.5. The number of imidazole rings is 2. The number of hydrogen-bond acceptors (Lipinski definition) is 9. The molecule has 5 aromatic rings. The number of aromatic nitrogens is 4. The molecule has 5 heterocycles. The number of aromatic amines is 2. The van der Waals surface area contributed by atoms with E-state index in [-0.39, 0.29) is 47.6 Å². The molecule has 70 heavy (non-hydrogen) atoms. The van der Waals surface area contributed by atoms with Crippen molar-refractivity contribution in [2.45, 2.75) is 103 Å². The number of alkyl carbamates (subject to hydrolysis) is 1. The van der Waals surface area contributed by atoms with Gasteiger partial charge >= 0.3 is 6.09 Å². The molecule has 5 aliphatic rings. The number of allylic oxidation sites excluding steroid dienone is 3. The summed E-state index contributed by atoms with van der Waals surface area (Å²) in [6.07, 6.45) is 16.2. The van der Waals surface area contributed by atoms with Crippen molar-refractivity contribution in [2.75, 3.05) is 33.4 Å². The molecule has 0 bridgehead atoms. The van der Waals surface area contributed by atoms with Gasteiger partial charge in [-0.05, 0) is 116 Å². The van der Waals surface area contributed by atoms with Crippen LogP contribution in [0.1, 0.15) is 101 Å². The average Bonchev–Trinajstić information content (AvgIpc) is 3.71. The number of fused-ring (bicyclic) bond motifs is 6. The summed E-state index contributed by atoms with van der Waals surface area (Å²) in [5.41, 5.74) is 7.10. The van der Waals surface area contributed by atoms with E-state index < -0.39 is 18.2 Å². The molecule has 0 spiro atoms. The molecule has 2 aromatic heterocycles. The number of amides is 4. The molecule has 3 aromatic carbocycles. The number of rotatable bonds is 16. The number of methoxy groups -OCH3 is 1. The number of carbonyl (C=O) groups excluding carboxylic acids is 4. The van der Waals surface area contributed by atoms with Gasteiger partial charge in [-0.25, -0.2) is 14.8 Å². The molecule has 2 aliphatic carbocycles. The summed E-state index contributed by atoms with van der Waals surface area (Å²) < 4.78 is 17.6. The summed E-state index contributed by atoms with van der Waals surface area (Å²) >= 11 is 0. The molecule has 15 heteroatoms. The lowest BCUT2D eigenvalue weighted by Gasteiger charge is -2.30. The van der Waals surface area contributed by atoms with Crippen molar-refractivity contribution in [1.82, 2.24) is 40.4 Å². The number of ether oxygens (including phenoxy) is 3. The minimum atomic E-state index is -0.852. The summed E-state index contributed by atoms with van der Waals surface area (Å²) in [4.78, 5) is 74.6. The van der Waals surface area contributed by atoms with Crippen LogP contribution in [-0.4, -0.2) is 99.0 Å². The number of nitrogens with zero attached hydrogens (tertiary/aromatic N) is 4. The highest BCUT2D eigenvalue weighted by Crippen LogP contribution is 2.44. The Morgan fingerprint density at radius 1 is 0.900 bits per heavy atom. The van der Waals surface area contributed by atoms with Crippen molar-refractivity contribution in [2.24, 2.45) is 23.7 Å².